The Labute approximate surface area is 353 Å². The summed E-state index contributed by atoms with van der Waals surface area (Å²) in [6, 6.07) is 6.46. The predicted octanol–water partition coefficient (Wildman–Crippen LogP) is 7.71. The first-order chi connectivity index (χ1) is 28.2. The van der Waals surface area contributed by atoms with E-state index < -0.39 is 23.9 Å². The van der Waals surface area contributed by atoms with E-state index in [1.165, 1.54) is 77.0 Å². The van der Waals surface area contributed by atoms with Crippen molar-refractivity contribution in [1.29, 1.82) is 0 Å². The zero-order chi connectivity index (χ0) is 41.9. The lowest BCUT2D eigenvalue weighted by molar-refractivity contribution is -0.157. The number of anilines is 1. The number of likely N-dealkylation sites (tertiary alicyclic amines) is 1. The molecule has 58 heavy (non-hydrogen) atoms. The number of unbranched alkanes of at least 4 members (excludes halogenated alkanes) is 13. The van der Waals surface area contributed by atoms with Crippen LogP contribution in [0.1, 0.15) is 167 Å². The molecule has 2 atom stereocenters. The van der Waals surface area contributed by atoms with E-state index in [0.29, 0.717) is 62.7 Å². The molecule has 1 saturated carbocycles. The van der Waals surface area contributed by atoms with Crippen LogP contribution in [0.25, 0.3) is 0 Å². The number of piperidine rings is 1. The standard InChI is InChI=1S/C45H75ClN6O6/c1-2-3-4-5-6-7-8-9-10-11-12-13-14-18-31-48-40(53)25-26-41(54)58-39(20-19-30-47)42(55)49-32-34-52-33-27-38(35-45(52)28-16-15-17-29-45)51-44(57)43(56)50-37-23-21-36(46)22-24-37/h21-24,38-39H,2-20,25-35,47H2,1H3,(H,48,53)(H,49,55)(H,50,56)(H,51,57). The van der Waals surface area contributed by atoms with Crippen LogP contribution < -0.4 is 27.0 Å². The summed E-state index contributed by atoms with van der Waals surface area (Å²) in [5.74, 6) is -2.50. The van der Waals surface area contributed by atoms with Gasteiger partial charge >= 0.3 is 17.8 Å². The van der Waals surface area contributed by atoms with Crippen LogP contribution in [0.3, 0.4) is 0 Å². The van der Waals surface area contributed by atoms with Gasteiger partial charge in [-0.25, -0.2) is 0 Å². The maximum Gasteiger partial charge on any atom is 0.313 e. The van der Waals surface area contributed by atoms with Crippen molar-refractivity contribution in [2.75, 3.05) is 38.0 Å². The van der Waals surface area contributed by atoms with E-state index in [2.05, 4.69) is 33.1 Å². The summed E-state index contributed by atoms with van der Waals surface area (Å²) in [6.07, 6.45) is 24.4. The normalized spacial score (nSPS) is 17.0. The minimum atomic E-state index is -0.974. The third kappa shape index (κ3) is 19.7. The average Bonchev–Trinajstić information content (AvgIpc) is 3.22. The average molecular weight is 832 g/mol. The molecule has 0 bridgehead atoms. The molecule has 1 heterocycles. The quantitative estimate of drug-likeness (QED) is 0.0325. The van der Waals surface area contributed by atoms with Crippen LogP contribution in [0.4, 0.5) is 5.69 Å². The van der Waals surface area contributed by atoms with Gasteiger partial charge in [0.1, 0.15) is 0 Å². The van der Waals surface area contributed by atoms with E-state index in [-0.39, 0.29) is 36.2 Å². The van der Waals surface area contributed by atoms with Crippen molar-refractivity contribution in [2.24, 2.45) is 5.73 Å². The summed E-state index contributed by atoms with van der Waals surface area (Å²) in [5.41, 5.74) is 6.09. The van der Waals surface area contributed by atoms with E-state index in [4.69, 9.17) is 22.1 Å². The molecule has 2 fully saturated rings. The number of amides is 4. The number of carbonyl (C=O) groups excluding carboxylic acids is 5. The molecule has 1 spiro atoms. The van der Waals surface area contributed by atoms with E-state index in [1.807, 2.05) is 0 Å². The summed E-state index contributed by atoms with van der Waals surface area (Å²) < 4.78 is 5.58. The summed E-state index contributed by atoms with van der Waals surface area (Å²) in [5, 5.41) is 12.0. The largest absolute Gasteiger partial charge is 0.452 e. The lowest BCUT2D eigenvalue weighted by Crippen LogP contribution is -2.60. The molecular formula is C45H75ClN6O6. The highest BCUT2D eigenvalue weighted by atomic mass is 35.5. The van der Waals surface area contributed by atoms with E-state index >= 15 is 0 Å². The van der Waals surface area contributed by atoms with Crippen LogP contribution in [0.2, 0.25) is 5.02 Å². The lowest BCUT2D eigenvalue weighted by Gasteiger charge is -2.52. The Kier molecular flexibility index (Phi) is 24.6. The first-order valence-corrected chi connectivity index (χ1v) is 23.1. The highest BCUT2D eigenvalue weighted by Gasteiger charge is 2.43. The minimum Gasteiger partial charge on any atom is -0.452 e. The monoisotopic (exact) mass is 831 g/mol. The molecule has 1 aliphatic carbocycles. The Balaban J connectivity index is 1.31. The zero-order valence-corrected chi connectivity index (χ0v) is 36.3. The zero-order valence-electron chi connectivity index (χ0n) is 35.5. The van der Waals surface area contributed by atoms with Gasteiger partial charge in [-0.1, -0.05) is 121 Å². The molecule has 0 radical (unpaired) electrons. The Bertz CT molecular complexity index is 1360. The fourth-order valence-electron chi connectivity index (χ4n) is 8.46. The van der Waals surface area contributed by atoms with E-state index in [9.17, 15) is 24.0 Å². The maximum atomic E-state index is 13.3. The van der Waals surface area contributed by atoms with Gasteiger partial charge in [0.25, 0.3) is 5.91 Å². The van der Waals surface area contributed by atoms with Gasteiger partial charge in [0.2, 0.25) is 5.91 Å². The van der Waals surface area contributed by atoms with Crippen molar-refractivity contribution < 1.29 is 28.7 Å². The number of esters is 1. The fourth-order valence-corrected chi connectivity index (χ4v) is 8.58. The minimum absolute atomic E-state index is 0.0220. The van der Waals surface area contributed by atoms with Gasteiger partial charge in [0.15, 0.2) is 6.10 Å². The summed E-state index contributed by atoms with van der Waals surface area (Å²) in [4.78, 5) is 66.3. The lowest BCUT2D eigenvalue weighted by atomic mass is 9.73. The fraction of sp³-hybridized carbons (Fsp3) is 0.756. The Morgan fingerprint density at radius 1 is 0.793 bits per heavy atom. The van der Waals surface area contributed by atoms with Gasteiger partial charge in [-0.3, -0.25) is 28.9 Å². The molecule has 4 amide bonds. The van der Waals surface area contributed by atoms with Gasteiger partial charge in [0, 0.05) is 54.9 Å². The van der Waals surface area contributed by atoms with Crippen molar-refractivity contribution in [3.05, 3.63) is 29.3 Å². The first kappa shape index (κ1) is 49.1. The molecule has 3 rings (SSSR count). The first-order valence-electron chi connectivity index (χ1n) is 22.7. The van der Waals surface area contributed by atoms with Crippen molar-refractivity contribution in [3.8, 4) is 0 Å². The van der Waals surface area contributed by atoms with Crippen LogP contribution in [-0.2, 0) is 28.7 Å². The number of hydrogen-bond acceptors (Lipinski definition) is 8. The molecular weight excluding hydrogens is 756 g/mol. The van der Waals surface area contributed by atoms with Gasteiger partial charge < -0.3 is 31.7 Å². The molecule has 328 valence electrons. The second-order valence-electron chi connectivity index (χ2n) is 16.5. The van der Waals surface area contributed by atoms with Gasteiger partial charge in [-0.2, -0.15) is 0 Å². The number of nitrogens with one attached hydrogen (secondary N) is 4. The summed E-state index contributed by atoms with van der Waals surface area (Å²) in [7, 11) is 0. The van der Waals surface area contributed by atoms with Crippen LogP contribution in [0.15, 0.2) is 24.3 Å². The number of carbonyl (C=O) groups is 5. The molecule has 12 nitrogen and oxygen atoms in total. The second kappa shape index (κ2) is 29.1. The Morgan fingerprint density at radius 2 is 1.41 bits per heavy atom. The van der Waals surface area contributed by atoms with Gasteiger partial charge in [-0.05, 0) is 75.8 Å². The topological polar surface area (TPSA) is 172 Å². The predicted molar refractivity (Wildman–Crippen MR) is 232 cm³/mol. The van der Waals surface area contributed by atoms with Gasteiger partial charge in [-0.15, -0.1) is 0 Å². The van der Waals surface area contributed by atoms with Gasteiger partial charge in [0.05, 0.1) is 6.42 Å². The van der Waals surface area contributed by atoms with Crippen molar-refractivity contribution >= 4 is 46.9 Å². The molecule has 0 aromatic heterocycles. The smallest absolute Gasteiger partial charge is 0.313 e. The third-order valence-corrected chi connectivity index (χ3v) is 12.1. The molecule has 2 aliphatic rings. The molecule has 6 N–H and O–H groups in total. The van der Waals surface area contributed by atoms with Crippen LogP contribution in [-0.4, -0.2) is 84.9 Å². The molecule has 1 aromatic carbocycles. The number of rotatable bonds is 28. The summed E-state index contributed by atoms with van der Waals surface area (Å²) >= 11 is 5.93. The van der Waals surface area contributed by atoms with Crippen molar-refractivity contribution in [3.63, 3.8) is 0 Å². The third-order valence-electron chi connectivity index (χ3n) is 11.8. The number of benzene rings is 1. The van der Waals surface area contributed by atoms with Crippen LogP contribution in [0.5, 0.6) is 0 Å². The molecule has 2 unspecified atom stereocenters. The molecule has 13 heteroatoms. The number of nitrogens with two attached hydrogens (primary N) is 1. The SMILES string of the molecule is CCCCCCCCCCCCCCCCNC(=O)CCC(=O)OC(CCCN)C(=O)NCCN1CCC(NC(=O)C(=O)Nc2ccc(Cl)cc2)CC12CCCCC2. The Hall–Kier alpha value is -3.22. The second-order valence-corrected chi connectivity index (χ2v) is 17.0. The highest BCUT2D eigenvalue weighted by molar-refractivity contribution is 6.39. The van der Waals surface area contributed by atoms with Crippen molar-refractivity contribution in [1.82, 2.24) is 20.9 Å². The molecule has 1 aromatic rings. The van der Waals surface area contributed by atoms with E-state index in [1.54, 1.807) is 24.3 Å². The molecule has 1 saturated heterocycles. The Morgan fingerprint density at radius 3 is 2.03 bits per heavy atom. The summed E-state index contributed by atoms with van der Waals surface area (Å²) in [6.45, 7) is 4.92. The van der Waals surface area contributed by atoms with Crippen LogP contribution >= 0.6 is 11.6 Å². The number of ether oxygens (including phenoxy) is 1. The van der Waals surface area contributed by atoms with Crippen molar-refractivity contribution in [2.45, 2.75) is 185 Å². The molecule has 1 aliphatic heterocycles. The highest BCUT2D eigenvalue weighted by Crippen LogP contribution is 2.40. The van der Waals surface area contributed by atoms with Crippen LogP contribution in [0, 0.1) is 0 Å². The number of nitrogens with zero attached hydrogens (tertiary/aromatic N) is 1. The number of hydrogen-bond donors (Lipinski definition) is 5. The van der Waals surface area contributed by atoms with E-state index in [0.717, 1.165) is 51.4 Å². The maximum absolute atomic E-state index is 13.3. The number of halogens is 1.